The van der Waals surface area contributed by atoms with Gasteiger partial charge in [0.2, 0.25) is 5.82 Å². The molecule has 7 heteroatoms. The first kappa shape index (κ1) is 14.6. The van der Waals surface area contributed by atoms with Gasteiger partial charge in [0.15, 0.2) is 12.4 Å². The monoisotopic (exact) mass is 293 g/mol. The summed E-state index contributed by atoms with van der Waals surface area (Å²) in [5.41, 5.74) is -0.425. The van der Waals surface area contributed by atoms with Crippen LogP contribution in [0.5, 0.6) is 5.75 Å². The number of ketones is 1. The molecule has 0 N–H and O–H groups in total. The molecule has 0 unspecified atom stereocenters. The Labute approximate surface area is 117 Å². The predicted octanol–water partition coefficient (Wildman–Crippen LogP) is 3.13. The van der Waals surface area contributed by atoms with Crippen LogP contribution in [-0.4, -0.2) is 17.3 Å². The number of rotatable bonds is 5. The van der Waals surface area contributed by atoms with E-state index in [1.807, 2.05) is 0 Å². The molecule has 0 aliphatic carbocycles. The Morgan fingerprint density at radius 1 is 1.14 bits per heavy atom. The lowest BCUT2D eigenvalue weighted by atomic mass is 10.1. The number of nitrogens with zero attached hydrogens (tertiary/aromatic N) is 1. The molecule has 5 nitrogen and oxygen atoms in total. The molecule has 2 aromatic rings. The van der Waals surface area contributed by atoms with Crippen LogP contribution in [0.1, 0.15) is 10.4 Å². The van der Waals surface area contributed by atoms with Crippen molar-refractivity contribution in [2.45, 2.75) is 0 Å². The number of nitro groups is 1. The van der Waals surface area contributed by atoms with Crippen LogP contribution in [0.4, 0.5) is 14.5 Å². The summed E-state index contributed by atoms with van der Waals surface area (Å²) in [5.74, 6) is -1.95. The van der Waals surface area contributed by atoms with Gasteiger partial charge in [0.25, 0.3) is 0 Å². The van der Waals surface area contributed by atoms with Gasteiger partial charge in [0.1, 0.15) is 11.6 Å². The van der Waals surface area contributed by atoms with Crippen molar-refractivity contribution in [1.29, 1.82) is 0 Å². The maximum absolute atomic E-state index is 13.3. The summed E-state index contributed by atoms with van der Waals surface area (Å²) in [6.07, 6.45) is 0. The van der Waals surface area contributed by atoms with E-state index in [0.29, 0.717) is 0 Å². The highest BCUT2D eigenvalue weighted by Crippen LogP contribution is 2.22. The lowest BCUT2D eigenvalue weighted by Gasteiger charge is -2.05. The lowest BCUT2D eigenvalue weighted by Crippen LogP contribution is -2.11. The third kappa shape index (κ3) is 3.59. The maximum Gasteiger partial charge on any atom is 0.305 e. The molecule has 2 aromatic carbocycles. The SMILES string of the molecule is O=C(COc1ccc([N+](=O)[O-])c(F)c1)c1ccc(F)cc1. The number of carbonyl (C=O) groups is 1. The van der Waals surface area contributed by atoms with Gasteiger partial charge in [-0.2, -0.15) is 4.39 Å². The fourth-order valence-electron chi connectivity index (χ4n) is 1.59. The minimum Gasteiger partial charge on any atom is -0.485 e. The molecule has 0 bridgehead atoms. The Bertz CT molecular complexity index is 686. The van der Waals surface area contributed by atoms with Crippen LogP contribution in [0.2, 0.25) is 0 Å². The topological polar surface area (TPSA) is 69.4 Å². The summed E-state index contributed by atoms with van der Waals surface area (Å²) in [7, 11) is 0. The van der Waals surface area contributed by atoms with E-state index in [1.165, 1.54) is 18.2 Å². The molecule has 0 saturated heterocycles. The number of ether oxygens (including phenoxy) is 1. The number of halogens is 2. The van der Waals surface area contributed by atoms with Gasteiger partial charge in [0.05, 0.1) is 4.92 Å². The van der Waals surface area contributed by atoms with Crippen molar-refractivity contribution in [2.24, 2.45) is 0 Å². The number of nitro benzene ring substituents is 1. The summed E-state index contributed by atoms with van der Waals surface area (Å²) in [6, 6.07) is 7.86. The molecule has 0 aliphatic rings. The van der Waals surface area contributed by atoms with Crippen LogP contribution >= 0.6 is 0 Å². The second-order valence-electron chi connectivity index (χ2n) is 4.09. The molecule has 21 heavy (non-hydrogen) atoms. The summed E-state index contributed by atoms with van der Waals surface area (Å²) < 4.78 is 31.1. The van der Waals surface area contributed by atoms with Crippen LogP contribution in [0.25, 0.3) is 0 Å². The predicted molar refractivity (Wildman–Crippen MR) is 69.3 cm³/mol. The van der Waals surface area contributed by atoms with Crippen molar-refractivity contribution < 1.29 is 23.2 Å². The average Bonchev–Trinajstić information content (AvgIpc) is 2.45. The molecule has 0 heterocycles. The quantitative estimate of drug-likeness (QED) is 0.482. The van der Waals surface area contributed by atoms with E-state index in [9.17, 15) is 23.7 Å². The van der Waals surface area contributed by atoms with E-state index in [2.05, 4.69) is 0 Å². The summed E-state index contributed by atoms with van der Waals surface area (Å²) >= 11 is 0. The molecule has 0 fully saturated rings. The van der Waals surface area contributed by atoms with Crippen LogP contribution < -0.4 is 4.74 Å². The smallest absolute Gasteiger partial charge is 0.305 e. The van der Waals surface area contributed by atoms with E-state index in [-0.39, 0.29) is 17.9 Å². The zero-order chi connectivity index (χ0) is 15.4. The second kappa shape index (κ2) is 6.08. The minimum absolute atomic E-state index is 0.00596. The number of hydrogen-bond acceptors (Lipinski definition) is 4. The van der Waals surface area contributed by atoms with Gasteiger partial charge in [-0.05, 0) is 30.3 Å². The Kier molecular flexibility index (Phi) is 4.22. The Balaban J connectivity index is 2.03. The van der Waals surface area contributed by atoms with Crippen molar-refractivity contribution in [3.8, 4) is 5.75 Å². The highest BCUT2D eigenvalue weighted by atomic mass is 19.1. The standard InChI is InChI=1S/C14H9F2NO4/c15-10-3-1-9(2-4-10)14(18)8-21-11-5-6-13(17(19)20)12(16)7-11/h1-7H,8H2. The number of Topliss-reactive ketones (excluding diaryl/α,β-unsaturated/α-hetero) is 1. The largest absolute Gasteiger partial charge is 0.485 e. The summed E-state index contributed by atoms with van der Waals surface area (Å²) in [4.78, 5) is 21.3. The van der Waals surface area contributed by atoms with Gasteiger partial charge in [-0.1, -0.05) is 0 Å². The summed E-state index contributed by atoms with van der Waals surface area (Å²) in [6.45, 7) is -0.386. The number of carbonyl (C=O) groups excluding carboxylic acids is 1. The molecule has 108 valence electrons. The maximum atomic E-state index is 13.3. The fourth-order valence-corrected chi connectivity index (χ4v) is 1.59. The van der Waals surface area contributed by atoms with Crippen molar-refractivity contribution in [1.82, 2.24) is 0 Å². The normalized spacial score (nSPS) is 10.2. The van der Waals surface area contributed by atoms with Crippen LogP contribution in [0.15, 0.2) is 42.5 Å². The fraction of sp³-hybridized carbons (Fsp3) is 0.0714. The lowest BCUT2D eigenvalue weighted by molar-refractivity contribution is -0.387. The van der Waals surface area contributed by atoms with E-state index < -0.39 is 28.0 Å². The molecular formula is C14H9F2NO4. The minimum atomic E-state index is -1.05. The summed E-state index contributed by atoms with van der Waals surface area (Å²) in [5, 5.41) is 10.5. The molecule has 0 aliphatic heterocycles. The Morgan fingerprint density at radius 3 is 2.38 bits per heavy atom. The number of hydrogen-bond donors (Lipinski definition) is 0. The van der Waals surface area contributed by atoms with E-state index in [4.69, 9.17) is 4.74 Å². The molecular weight excluding hydrogens is 284 g/mol. The molecule has 0 atom stereocenters. The van der Waals surface area contributed by atoms with E-state index in [0.717, 1.165) is 24.3 Å². The highest BCUT2D eigenvalue weighted by Gasteiger charge is 2.15. The van der Waals surface area contributed by atoms with Gasteiger partial charge in [-0.3, -0.25) is 14.9 Å². The van der Waals surface area contributed by atoms with Crippen molar-refractivity contribution in [2.75, 3.05) is 6.61 Å². The number of benzene rings is 2. The molecule has 0 amide bonds. The van der Waals surface area contributed by atoms with Crippen LogP contribution in [0, 0.1) is 21.7 Å². The third-order valence-corrected chi connectivity index (χ3v) is 2.65. The first-order chi connectivity index (χ1) is 9.97. The van der Waals surface area contributed by atoms with Gasteiger partial charge >= 0.3 is 5.69 Å². The van der Waals surface area contributed by atoms with E-state index in [1.54, 1.807) is 0 Å². The van der Waals surface area contributed by atoms with Gasteiger partial charge in [-0.25, -0.2) is 4.39 Å². The molecule has 0 spiro atoms. The van der Waals surface area contributed by atoms with Crippen molar-refractivity contribution in [3.05, 3.63) is 69.8 Å². The average molecular weight is 293 g/mol. The molecule has 0 aromatic heterocycles. The van der Waals surface area contributed by atoms with E-state index >= 15 is 0 Å². The van der Waals surface area contributed by atoms with Crippen molar-refractivity contribution >= 4 is 11.5 Å². The van der Waals surface area contributed by atoms with Crippen LogP contribution in [-0.2, 0) is 0 Å². The molecule has 0 radical (unpaired) electrons. The molecule has 2 rings (SSSR count). The van der Waals surface area contributed by atoms with Gasteiger partial charge < -0.3 is 4.74 Å². The van der Waals surface area contributed by atoms with Crippen molar-refractivity contribution in [3.63, 3.8) is 0 Å². The highest BCUT2D eigenvalue weighted by molar-refractivity contribution is 5.97. The molecule has 0 saturated carbocycles. The van der Waals surface area contributed by atoms with Crippen LogP contribution in [0.3, 0.4) is 0 Å². The Hall–Kier alpha value is -2.83. The first-order valence-corrected chi connectivity index (χ1v) is 5.83. The zero-order valence-electron chi connectivity index (χ0n) is 10.6. The Morgan fingerprint density at radius 2 is 1.81 bits per heavy atom. The third-order valence-electron chi connectivity index (χ3n) is 2.65. The first-order valence-electron chi connectivity index (χ1n) is 5.83. The van der Waals surface area contributed by atoms with Gasteiger partial charge in [0, 0.05) is 17.7 Å². The second-order valence-corrected chi connectivity index (χ2v) is 4.09. The zero-order valence-corrected chi connectivity index (χ0v) is 10.6. The van der Waals surface area contributed by atoms with Gasteiger partial charge in [-0.15, -0.1) is 0 Å².